The van der Waals surface area contributed by atoms with E-state index >= 15 is 0 Å². The number of carbonyl (C=O) groups is 2. The molecule has 1 aromatic heterocycles. The van der Waals surface area contributed by atoms with Crippen LogP contribution in [0.15, 0.2) is 30.6 Å². The highest BCUT2D eigenvalue weighted by molar-refractivity contribution is 6.01. The highest BCUT2D eigenvalue weighted by Crippen LogP contribution is 2.64. The van der Waals surface area contributed by atoms with Crippen LogP contribution in [0.5, 0.6) is 0 Å². The average Bonchev–Trinajstić information content (AvgIpc) is 3.57. The number of hydrogen-bond acceptors (Lipinski definition) is 4. The standard InChI is InChI=1S/C21H19F3N4O2.H2/c1-12-7-25-18(26-8-12)27-16(29)9-28-11-19(10-21(19,23)24)15-6-13(20(22)4-5-20)2-3-14(15)17(28)30;/h2-3,6-8H,4-5,9-11H2,1H3,(H,25,26,27,29);1H/t19-;/m1./s1. The maximum absolute atomic E-state index is 14.5. The van der Waals surface area contributed by atoms with Crippen LogP contribution in [0, 0.1) is 6.92 Å². The Hall–Kier alpha value is -2.97. The molecular formula is C21H21F3N4O2. The van der Waals surface area contributed by atoms with E-state index in [2.05, 4.69) is 15.3 Å². The highest BCUT2D eigenvalue weighted by atomic mass is 19.3. The summed E-state index contributed by atoms with van der Waals surface area (Å²) in [6.07, 6.45) is 3.34. The first kappa shape index (κ1) is 19.0. The molecule has 2 saturated carbocycles. The van der Waals surface area contributed by atoms with Gasteiger partial charge in [-0.1, -0.05) is 12.1 Å². The normalized spacial score (nSPS) is 25.1. The van der Waals surface area contributed by atoms with Gasteiger partial charge in [-0.3, -0.25) is 14.9 Å². The summed E-state index contributed by atoms with van der Waals surface area (Å²) in [5.41, 5.74) is -1.59. The van der Waals surface area contributed by atoms with E-state index in [4.69, 9.17) is 0 Å². The molecule has 0 unspecified atom stereocenters. The number of nitrogens with one attached hydrogen (secondary N) is 1. The molecule has 2 fully saturated rings. The van der Waals surface area contributed by atoms with Crippen molar-refractivity contribution in [1.82, 2.24) is 14.9 Å². The topological polar surface area (TPSA) is 75.2 Å². The Balaban J connectivity index is 0.00000231. The summed E-state index contributed by atoms with van der Waals surface area (Å²) in [6.45, 7) is 1.10. The van der Waals surface area contributed by atoms with Crippen molar-refractivity contribution in [3.05, 3.63) is 52.8 Å². The zero-order chi connectivity index (χ0) is 21.3. The van der Waals surface area contributed by atoms with E-state index < -0.39 is 41.8 Å². The molecular weight excluding hydrogens is 397 g/mol. The van der Waals surface area contributed by atoms with Crippen LogP contribution in [0.1, 0.15) is 47.7 Å². The Morgan fingerprint density at radius 1 is 1.23 bits per heavy atom. The number of amides is 2. The minimum Gasteiger partial charge on any atom is -0.328 e. The average molecular weight is 418 g/mol. The summed E-state index contributed by atoms with van der Waals surface area (Å²) >= 11 is 0. The lowest BCUT2D eigenvalue weighted by molar-refractivity contribution is -0.117. The first-order chi connectivity index (χ1) is 14.1. The van der Waals surface area contributed by atoms with Crippen LogP contribution in [0.3, 0.4) is 0 Å². The predicted octanol–water partition coefficient (Wildman–Crippen LogP) is 3.36. The number of alkyl halides is 3. The second-order valence-corrected chi connectivity index (χ2v) is 8.48. The molecule has 2 aromatic rings. The van der Waals surface area contributed by atoms with Gasteiger partial charge in [0.05, 0.1) is 5.41 Å². The quantitative estimate of drug-likeness (QED) is 0.826. The molecule has 2 heterocycles. The van der Waals surface area contributed by atoms with Crippen molar-refractivity contribution >= 4 is 17.8 Å². The largest absolute Gasteiger partial charge is 0.328 e. The monoisotopic (exact) mass is 418 g/mol. The van der Waals surface area contributed by atoms with Crippen molar-refractivity contribution in [1.29, 1.82) is 0 Å². The van der Waals surface area contributed by atoms with Crippen molar-refractivity contribution in [2.75, 3.05) is 18.4 Å². The Morgan fingerprint density at radius 2 is 1.90 bits per heavy atom. The maximum atomic E-state index is 14.5. The minimum absolute atomic E-state index is 0. The van der Waals surface area contributed by atoms with Gasteiger partial charge in [-0.15, -0.1) is 0 Å². The van der Waals surface area contributed by atoms with Crippen molar-refractivity contribution in [3.63, 3.8) is 0 Å². The molecule has 158 valence electrons. The van der Waals surface area contributed by atoms with Crippen molar-refractivity contribution < 1.29 is 24.2 Å². The molecule has 0 radical (unpaired) electrons. The molecule has 0 bridgehead atoms. The molecule has 5 rings (SSSR count). The Bertz CT molecular complexity index is 1070. The third-order valence-corrected chi connectivity index (χ3v) is 6.19. The molecule has 1 atom stereocenters. The van der Waals surface area contributed by atoms with Gasteiger partial charge in [-0.25, -0.2) is 23.1 Å². The van der Waals surface area contributed by atoms with E-state index in [1.807, 2.05) is 0 Å². The summed E-state index contributed by atoms with van der Waals surface area (Å²) in [6, 6.07) is 4.33. The van der Waals surface area contributed by atoms with Crippen LogP contribution < -0.4 is 5.32 Å². The van der Waals surface area contributed by atoms with Crippen molar-refractivity contribution in [3.8, 4) is 0 Å². The number of aryl methyl sites for hydroxylation is 1. The lowest BCUT2D eigenvalue weighted by Gasteiger charge is -2.34. The SMILES string of the molecule is Cc1cnc(NC(=O)CN2C[C@]3(CC3(F)F)c3cc(C4(F)CC4)ccc3C2=O)nc1.[HH]. The van der Waals surface area contributed by atoms with Crippen molar-refractivity contribution in [2.45, 2.75) is 43.2 Å². The fraction of sp³-hybridized carbons (Fsp3) is 0.429. The van der Waals surface area contributed by atoms with Crippen LogP contribution in [0.25, 0.3) is 0 Å². The Labute approximate surface area is 172 Å². The van der Waals surface area contributed by atoms with Gasteiger partial charge in [0.15, 0.2) is 0 Å². The molecule has 30 heavy (non-hydrogen) atoms. The van der Waals surface area contributed by atoms with E-state index in [1.54, 1.807) is 6.92 Å². The van der Waals surface area contributed by atoms with Crippen LogP contribution in [0.4, 0.5) is 19.1 Å². The molecule has 0 saturated heterocycles. The number of anilines is 1. The van der Waals surface area contributed by atoms with E-state index in [0.29, 0.717) is 18.4 Å². The number of benzene rings is 1. The molecule has 1 aromatic carbocycles. The summed E-state index contributed by atoms with van der Waals surface area (Å²) < 4.78 is 43.4. The van der Waals surface area contributed by atoms with Gasteiger partial charge in [0.25, 0.3) is 11.8 Å². The lowest BCUT2D eigenvalue weighted by atomic mass is 9.84. The van der Waals surface area contributed by atoms with Gasteiger partial charge >= 0.3 is 0 Å². The first-order valence-corrected chi connectivity index (χ1v) is 9.73. The third kappa shape index (κ3) is 2.86. The van der Waals surface area contributed by atoms with Gasteiger partial charge in [0.2, 0.25) is 11.9 Å². The molecule has 3 aliphatic rings. The van der Waals surface area contributed by atoms with Crippen LogP contribution in [0.2, 0.25) is 0 Å². The zero-order valence-corrected chi connectivity index (χ0v) is 16.2. The molecule has 1 aliphatic heterocycles. The number of hydrogen-bond donors (Lipinski definition) is 1. The van der Waals surface area contributed by atoms with Gasteiger partial charge < -0.3 is 4.90 Å². The number of aromatic nitrogens is 2. The third-order valence-electron chi connectivity index (χ3n) is 6.19. The molecule has 1 spiro atoms. The summed E-state index contributed by atoms with van der Waals surface area (Å²) in [4.78, 5) is 34.4. The molecule has 1 N–H and O–H groups in total. The smallest absolute Gasteiger partial charge is 0.260 e. The lowest BCUT2D eigenvalue weighted by Crippen LogP contribution is -2.48. The fourth-order valence-electron chi connectivity index (χ4n) is 4.18. The molecule has 2 amide bonds. The Kier molecular flexibility index (Phi) is 3.82. The van der Waals surface area contributed by atoms with Gasteiger partial charge in [0.1, 0.15) is 12.2 Å². The van der Waals surface area contributed by atoms with Crippen molar-refractivity contribution in [2.24, 2.45) is 0 Å². The van der Waals surface area contributed by atoms with Crippen LogP contribution >= 0.6 is 0 Å². The van der Waals surface area contributed by atoms with E-state index in [9.17, 15) is 22.8 Å². The van der Waals surface area contributed by atoms with Gasteiger partial charge in [0, 0.05) is 32.3 Å². The molecule has 9 heteroatoms. The molecule has 2 aliphatic carbocycles. The van der Waals surface area contributed by atoms with Crippen LogP contribution in [-0.2, 0) is 15.9 Å². The van der Waals surface area contributed by atoms with Gasteiger partial charge in [-0.2, -0.15) is 0 Å². The summed E-state index contributed by atoms with van der Waals surface area (Å²) in [5, 5.41) is 2.47. The zero-order valence-electron chi connectivity index (χ0n) is 16.2. The van der Waals surface area contributed by atoms with E-state index in [1.165, 1.54) is 30.6 Å². The van der Waals surface area contributed by atoms with Crippen LogP contribution in [-0.4, -0.2) is 45.7 Å². The second kappa shape index (κ2) is 6.02. The first-order valence-electron chi connectivity index (χ1n) is 9.73. The number of rotatable bonds is 4. The summed E-state index contributed by atoms with van der Waals surface area (Å²) in [7, 11) is 0. The highest BCUT2D eigenvalue weighted by Gasteiger charge is 2.74. The van der Waals surface area contributed by atoms with Gasteiger partial charge in [-0.05, 0) is 42.5 Å². The van der Waals surface area contributed by atoms with E-state index in [0.717, 1.165) is 10.5 Å². The number of carbonyl (C=O) groups excluding carboxylic acids is 2. The maximum Gasteiger partial charge on any atom is 0.260 e. The number of halogens is 3. The molecule has 6 nitrogen and oxygen atoms in total. The van der Waals surface area contributed by atoms with E-state index in [-0.39, 0.29) is 25.0 Å². The Morgan fingerprint density at radius 3 is 2.50 bits per heavy atom. The minimum atomic E-state index is -3.01. The number of nitrogens with zero attached hydrogens (tertiary/aromatic N) is 3. The number of fused-ring (bicyclic) bond motifs is 2. The predicted molar refractivity (Wildman–Crippen MR) is 103 cm³/mol. The fourth-order valence-corrected chi connectivity index (χ4v) is 4.18. The summed E-state index contributed by atoms with van der Waals surface area (Å²) in [5.74, 6) is -4.03. The second-order valence-electron chi connectivity index (χ2n) is 8.48.